The summed E-state index contributed by atoms with van der Waals surface area (Å²) in [4.78, 5) is 73.0. The van der Waals surface area contributed by atoms with Gasteiger partial charge in [0, 0.05) is 25.7 Å². The molecule has 5 unspecified atom stereocenters. The Morgan fingerprint density at radius 3 is 0.794 bits per heavy atom. The first-order valence-electron chi connectivity index (χ1n) is 39.4. The average molecular weight is 1470 g/mol. The van der Waals surface area contributed by atoms with E-state index in [2.05, 4.69) is 161 Å². The van der Waals surface area contributed by atoms with E-state index < -0.39 is 97.5 Å². The molecule has 0 aliphatic rings. The average Bonchev–Trinajstić information content (AvgIpc) is 0.908. The molecule has 0 aliphatic heterocycles. The number of carbonyl (C=O) groups is 4. The smallest absolute Gasteiger partial charge is 0.462 e. The number of unbranched alkanes of at least 4 members (excludes halogenated alkanes) is 25. The van der Waals surface area contributed by atoms with E-state index in [0.717, 1.165) is 205 Å². The van der Waals surface area contributed by atoms with Gasteiger partial charge in [0.25, 0.3) is 0 Å². The van der Waals surface area contributed by atoms with Crippen LogP contribution in [0.3, 0.4) is 0 Å². The van der Waals surface area contributed by atoms with Crippen LogP contribution in [-0.4, -0.2) is 96.7 Å². The van der Waals surface area contributed by atoms with Crippen LogP contribution in [0.25, 0.3) is 0 Å². The first-order chi connectivity index (χ1) is 49.7. The Kier molecular flexibility index (Phi) is 71.0. The van der Waals surface area contributed by atoms with Crippen molar-refractivity contribution in [1.82, 2.24) is 0 Å². The normalized spacial score (nSPS) is 14.6. The minimum atomic E-state index is -4.99. The number of allylic oxidation sites excluding steroid dienone is 22. The van der Waals surface area contributed by atoms with Crippen LogP contribution >= 0.6 is 15.6 Å². The first-order valence-corrected chi connectivity index (χ1v) is 42.4. The quantitative estimate of drug-likeness (QED) is 0.0169. The summed E-state index contributed by atoms with van der Waals surface area (Å²) in [6.07, 6.45) is 82.9. The Balaban J connectivity index is 5.39. The Hall–Kier alpha value is -4.80. The van der Waals surface area contributed by atoms with Crippen molar-refractivity contribution >= 4 is 39.5 Å². The first kappa shape index (κ1) is 97.2. The summed E-state index contributed by atoms with van der Waals surface area (Å²) in [6, 6.07) is 0. The van der Waals surface area contributed by atoms with Crippen molar-refractivity contribution in [1.29, 1.82) is 0 Å². The highest BCUT2D eigenvalue weighted by Crippen LogP contribution is 2.45. The number of esters is 4. The number of rotatable bonds is 73. The maximum absolute atomic E-state index is 13.1. The van der Waals surface area contributed by atoms with Crippen LogP contribution in [-0.2, 0) is 65.4 Å². The standard InChI is InChI=1S/C83H140O17P2/c1-5-9-13-17-21-25-29-33-36-38-41-44-47-51-55-59-63-67-80(85)93-73-78(99-82(87)69-65-61-57-53-49-43-32-28-24-20-16-12-8-4)75-97-101(89,90)95-71-77(84)72-96-102(91,92)98-76-79(100-83(88)70-66-62-58-54-50-46-40-35-31-27-23-19-15-11-7-3)74-94-81(86)68-64-60-56-52-48-45-42-39-37-34-30-26-22-18-14-10-6-2/h9-11,13-15,21-23,25-28,32-37,40-41,44,77-79,84H,5-8,12,16-20,24,29-31,38-39,42-43,45-76H2,1-4H3,(H,89,90)(H,91,92)/b13-9-,14-10-,15-11-,25-21-,26-22-,27-23-,32-28-,36-33-,37-34-,40-35-,44-41-. The van der Waals surface area contributed by atoms with Crippen molar-refractivity contribution in [3.05, 3.63) is 134 Å². The third kappa shape index (κ3) is 73.5. The number of aliphatic hydroxyl groups is 1. The molecule has 17 nitrogen and oxygen atoms in total. The van der Waals surface area contributed by atoms with Gasteiger partial charge in [0.2, 0.25) is 0 Å². The second-order valence-corrected chi connectivity index (χ2v) is 28.8. The van der Waals surface area contributed by atoms with Crippen molar-refractivity contribution < 1.29 is 80.2 Å². The van der Waals surface area contributed by atoms with Gasteiger partial charge in [-0.1, -0.05) is 264 Å². The van der Waals surface area contributed by atoms with Crippen molar-refractivity contribution in [3.63, 3.8) is 0 Å². The zero-order valence-electron chi connectivity index (χ0n) is 63.7. The molecule has 0 saturated carbocycles. The molecule has 0 aromatic carbocycles. The molecule has 0 rings (SSSR count). The van der Waals surface area contributed by atoms with Crippen molar-refractivity contribution in [3.8, 4) is 0 Å². The lowest BCUT2D eigenvalue weighted by Crippen LogP contribution is -2.30. The molecule has 102 heavy (non-hydrogen) atoms. The van der Waals surface area contributed by atoms with E-state index in [4.69, 9.17) is 37.0 Å². The molecule has 19 heteroatoms. The van der Waals surface area contributed by atoms with E-state index >= 15 is 0 Å². The van der Waals surface area contributed by atoms with Gasteiger partial charge in [-0.25, -0.2) is 9.13 Å². The molecule has 0 saturated heterocycles. The van der Waals surface area contributed by atoms with Crippen LogP contribution in [0.4, 0.5) is 0 Å². The summed E-state index contributed by atoms with van der Waals surface area (Å²) in [5.41, 5.74) is 0. The van der Waals surface area contributed by atoms with Gasteiger partial charge in [-0.15, -0.1) is 0 Å². The molecule has 0 spiro atoms. The van der Waals surface area contributed by atoms with E-state index in [1.54, 1.807) is 0 Å². The van der Waals surface area contributed by atoms with Crippen LogP contribution < -0.4 is 0 Å². The maximum atomic E-state index is 13.1. The molecule has 0 amide bonds. The van der Waals surface area contributed by atoms with Gasteiger partial charge < -0.3 is 33.8 Å². The summed E-state index contributed by atoms with van der Waals surface area (Å²) >= 11 is 0. The predicted molar refractivity (Wildman–Crippen MR) is 418 cm³/mol. The summed E-state index contributed by atoms with van der Waals surface area (Å²) < 4.78 is 68.5. The van der Waals surface area contributed by atoms with E-state index in [1.165, 1.54) is 25.7 Å². The monoisotopic (exact) mass is 1470 g/mol. The largest absolute Gasteiger partial charge is 0.472 e. The molecule has 0 bridgehead atoms. The number of hydrogen-bond donors (Lipinski definition) is 3. The fraction of sp³-hybridized carbons (Fsp3) is 0.687. The molecule has 0 aliphatic carbocycles. The fourth-order valence-corrected chi connectivity index (χ4v) is 11.8. The number of ether oxygens (including phenoxy) is 4. The van der Waals surface area contributed by atoms with Crippen LogP contribution in [0.2, 0.25) is 0 Å². The molecule has 584 valence electrons. The van der Waals surface area contributed by atoms with Gasteiger partial charge in [-0.2, -0.15) is 0 Å². The topological polar surface area (TPSA) is 237 Å². The van der Waals surface area contributed by atoms with Crippen molar-refractivity contribution in [2.24, 2.45) is 0 Å². The lowest BCUT2D eigenvalue weighted by atomic mass is 10.1. The number of carbonyl (C=O) groups excluding carboxylic acids is 4. The van der Waals surface area contributed by atoms with Crippen molar-refractivity contribution in [2.45, 2.75) is 329 Å². The van der Waals surface area contributed by atoms with Gasteiger partial charge in [0.15, 0.2) is 12.2 Å². The zero-order chi connectivity index (χ0) is 74.6. The highest BCUT2D eigenvalue weighted by Gasteiger charge is 2.30. The second-order valence-electron chi connectivity index (χ2n) is 25.9. The minimum absolute atomic E-state index is 0.0699. The summed E-state index contributed by atoms with van der Waals surface area (Å²) in [6.45, 7) is 4.47. The highest BCUT2D eigenvalue weighted by atomic mass is 31.2. The molecule has 0 aromatic heterocycles. The Bertz CT molecular complexity index is 2460. The third-order valence-electron chi connectivity index (χ3n) is 16.1. The van der Waals surface area contributed by atoms with E-state index in [9.17, 15) is 43.2 Å². The van der Waals surface area contributed by atoms with Gasteiger partial charge in [-0.05, 0) is 154 Å². The lowest BCUT2D eigenvalue weighted by molar-refractivity contribution is -0.161. The molecule has 5 atom stereocenters. The van der Waals surface area contributed by atoms with Gasteiger partial charge in [-0.3, -0.25) is 37.3 Å². The number of aliphatic hydroxyl groups excluding tert-OH is 1. The van der Waals surface area contributed by atoms with Crippen LogP contribution in [0.15, 0.2) is 134 Å². The van der Waals surface area contributed by atoms with E-state index in [-0.39, 0.29) is 25.7 Å². The molecule has 0 fully saturated rings. The Morgan fingerprint density at radius 2 is 0.510 bits per heavy atom. The number of phosphoric acid groups is 2. The van der Waals surface area contributed by atoms with Crippen LogP contribution in [0.1, 0.15) is 310 Å². The summed E-state index contributed by atoms with van der Waals surface area (Å²) in [5.74, 6) is -2.24. The third-order valence-corrected chi connectivity index (χ3v) is 18.0. The number of phosphoric ester groups is 2. The fourth-order valence-electron chi connectivity index (χ4n) is 10.2. The lowest BCUT2D eigenvalue weighted by Gasteiger charge is -2.21. The van der Waals surface area contributed by atoms with E-state index in [1.807, 2.05) is 0 Å². The Labute approximate surface area is 618 Å². The van der Waals surface area contributed by atoms with Gasteiger partial charge in [0.1, 0.15) is 19.3 Å². The second kappa shape index (κ2) is 74.5. The molecule has 3 N–H and O–H groups in total. The van der Waals surface area contributed by atoms with Crippen molar-refractivity contribution in [2.75, 3.05) is 39.6 Å². The van der Waals surface area contributed by atoms with Gasteiger partial charge in [0.05, 0.1) is 26.4 Å². The molecular weight excluding hydrogens is 1330 g/mol. The van der Waals surface area contributed by atoms with Crippen LogP contribution in [0.5, 0.6) is 0 Å². The zero-order valence-corrected chi connectivity index (χ0v) is 65.5. The Morgan fingerprint density at radius 1 is 0.284 bits per heavy atom. The number of hydrogen-bond acceptors (Lipinski definition) is 15. The molecule has 0 heterocycles. The molecule has 0 aromatic rings. The highest BCUT2D eigenvalue weighted by molar-refractivity contribution is 7.47. The SMILES string of the molecule is CC/C=C\C/C=C\C/C=C\C/C=C\CCCCCCC(=O)OCC(COP(=O)(O)OCC(O)COP(=O)(O)OCC(COC(=O)CCCCCCCCC/C=C\C/C=C\C/C=C\CC)OC(=O)CCCCCCC/C=C\C/C=C\C/C=C\CC)OC(=O)CCCCCCC/C=C\CCCCCC. The molecule has 0 radical (unpaired) electrons. The van der Waals surface area contributed by atoms with E-state index in [0.29, 0.717) is 25.7 Å². The van der Waals surface area contributed by atoms with Crippen LogP contribution in [0, 0.1) is 0 Å². The minimum Gasteiger partial charge on any atom is -0.462 e. The summed E-state index contributed by atoms with van der Waals surface area (Å²) in [5, 5.41) is 10.6. The predicted octanol–water partition coefficient (Wildman–Crippen LogP) is 22.9. The van der Waals surface area contributed by atoms with Gasteiger partial charge >= 0.3 is 39.5 Å². The molecular formula is C83H140O17P2. The summed E-state index contributed by atoms with van der Waals surface area (Å²) in [7, 11) is -9.98. The maximum Gasteiger partial charge on any atom is 0.472 e.